The fourth-order valence-electron chi connectivity index (χ4n) is 1.42. The lowest BCUT2D eigenvalue weighted by Gasteiger charge is -2.05. The quantitative estimate of drug-likeness (QED) is 0.881. The summed E-state index contributed by atoms with van der Waals surface area (Å²) in [6, 6.07) is 7.90. The van der Waals surface area contributed by atoms with E-state index in [2.05, 4.69) is 31.6 Å². The molecule has 90 valence electrons. The number of anilines is 1. The van der Waals surface area contributed by atoms with Gasteiger partial charge < -0.3 is 10.4 Å². The monoisotopic (exact) mass is 296 g/mol. The van der Waals surface area contributed by atoms with Gasteiger partial charge in [0.25, 0.3) is 0 Å². The van der Waals surface area contributed by atoms with E-state index >= 15 is 0 Å². The highest BCUT2D eigenvalue weighted by Crippen LogP contribution is 2.21. The van der Waals surface area contributed by atoms with E-state index in [1.165, 1.54) is 0 Å². The minimum atomic E-state index is 0.0699. The summed E-state index contributed by atoms with van der Waals surface area (Å²) in [6.07, 6.45) is 1.82. The third-order valence-corrected chi connectivity index (χ3v) is 2.94. The Labute approximate surface area is 108 Å². The van der Waals surface area contributed by atoms with Gasteiger partial charge in [-0.2, -0.15) is 0 Å². The van der Waals surface area contributed by atoms with Crippen LogP contribution in [0.25, 0.3) is 0 Å². The Morgan fingerprint density at radius 2 is 2.18 bits per heavy atom. The molecule has 0 spiro atoms. The molecule has 2 aromatic rings. The summed E-state index contributed by atoms with van der Waals surface area (Å²) in [6.45, 7) is 1.15. The van der Waals surface area contributed by atoms with Crippen LogP contribution in [0.5, 0.6) is 0 Å². The summed E-state index contributed by atoms with van der Waals surface area (Å²) in [5.41, 5.74) is 1.86. The second-order valence-electron chi connectivity index (χ2n) is 3.53. The smallest absolute Gasteiger partial charge is 0.102 e. The number of halogens is 1. The van der Waals surface area contributed by atoms with E-state index in [1.54, 1.807) is 4.68 Å². The second-order valence-corrected chi connectivity index (χ2v) is 4.38. The van der Waals surface area contributed by atoms with Crippen LogP contribution in [0.4, 0.5) is 5.69 Å². The predicted molar refractivity (Wildman–Crippen MR) is 68.6 cm³/mol. The van der Waals surface area contributed by atoms with Crippen LogP contribution in [0.15, 0.2) is 34.9 Å². The lowest BCUT2D eigenvalue weighted by atomic mass is 10.3. The van der Waals surface area contributed by atoms with Crippen LogP contribution in [0.3, 0.4) is 0 Å². The molecule has 0 aliphatic rings. The number of hydrogen-bond donors (Lipinski definition) is 2. The first kappa shape index (κ1) is 12.1. The molecule has 0 aliphatic carbocycles. The van der Waals surface area contributed by atoms with Gasteiger partial charge in [-0.3, -0.25) is 0 Å². The molecule has 1 aromatic heterocycles. The van der Waals surface area contributed by atoms with Crippen molar-refractivity contribution >= 4 is 21.6 Å². The molecule has 0 saturated carbocycles. The third-order valence-electron chi connectivity index (χ3n) is 2.25. The molecule has 0 aliphatic heterocycles. The summed E-state index contributed by atoms with van der Waals surface area (Å²) < 4.78 is 2.64. The van der Waals surface area contributed by atoms with Crippen molar-refractivity contribution in [2.45, 2.75) is 13.1 Å². The fourth-order valence-corrected chi connectivity index (χ4v) is 1.85. The third kappa shape index (κ3) is 3.28. The number of rotatable bonds is 5. The Balaban J connectivity index is 1.95. The average Bonchev–Trinajstić information content (AvgIpc) is 2.76. The van der Waals surface area contributed by atoms with Crippen LogP contribution in [0.2, 0.25) is 0 Å². The number of aliphatic hydroxyl groups is 1. The number of nitrogens with one attached hydrogen (secondary N) is 1. The fraction of sp³-hybridized carbons (Fsp3) is 0.273. The Morgan fingerprint density at radius 1 is 1.35 bits per heavy atom. The number of benzene rings is 1. The second kappa shape index (κ2) is 5.79. The highest BCUT2D eigenvalue weighted by atomic mass is 79.9. The van der Waals surface area contributed by atoms with Crippen molar-refractivity contribution in [3.05, 3.63) is 40.6 Å². The van der Waals surface area contributed by atoms with E-state index in [0.717, 1.165) is 15.9 Å². The van der Waals surface area contributed by atoms with Crippen molar-refractivity contribution in [2.24, 2.45) is 0 Å². The van der Waals surface area contributed by atoms with Crippen molar-refractivity contribution in [3.63, 3.8) is 0 Å². The highest BCUT2D eigenvalue weighted by Gasteiger charge is 2.02. The van der Waals surface area contributed by atoms with Crippen molar-refractivity contribution in [1.29, 1.82) is 0 Å². The first-order valence-electron chi connectivity index (χ1n) is 5.28. The highest BCUT2D eigenvalue weighted by molar-refractivity contribution is 9.10. The number of hydrogen-bond acceptors (Lipinski definition) is 4. The largest absolute Gasteiger partial charge is 0.394 e. The molecule has 17 heavy (non-hydrogen) atoms. The lowest BCUT2D eigenvalue weighted by Crippen LogP contribution is -2.02. The molecule has 0 bridgehead atoms. The Kier molecular flexibility index (Phi) is 4.11. The molecule has 0 fully saturated rings. The van der Waals surface area contributed by atoms with E-state index in [1.807, 2.05) is 30.5 Å². The average molecular weight is 297 g/mol. The molecule has 2 N–H and O–H groups in total. The zero-order valence-corrected chi connectivity index (χ0v) is 10.8. The van der Waals surface area contributed by atoms with Gasteiger partial charge in [0.15, 0.2) is 0 Å². The van der Waals surface area contributed by atoms with Gasteiger partial charge in [0.2, 0.25) is 0 Å². The molecule has 0 radical (unpaired) electrons. The van der Waals surface area contributed by atoms with Crippen molar-refractivity contribution in [2.75, 3.05) is 11.9 Å². The standard InChI is InChI=1S/C11H13BrN4O/c12-10-3-1-2-4-11(10)13-7-9-8-16(5-6-17)15-14-9/h1-4,8,13,17H,5-7H2. The zero-order valence-electron chi connectivity index (χ0n) is 9.17. The van der Waals surface area contributed by atoms with Crippen LogP contribution in [0, 0.1) is 0 Å². The molecule has 6 heteroatoms. The molecule has 0 unspecified atom stereocenters. The van der Waals surface area contributed by atoms with E-state index in [-0.39, 0.29) is 6.61 Å². The Hall–Kier alpha value is -1.40. The molecule has 0 atom stereocenters. The van der Waals surface area contributed by atoms with Gasteiger partial charge >= 0.3 is 0 Å². The van der Waals surface area contributed by atoms with Gasteiger partial charge in [0, 0.05) is 10.2 Å². The van der Waals surface area contributed by atoms with Crippen molar-refractivity contribution < 1.29 is 5.11 Å². The maximum Gasteiger partial charge on any atom is 0.102 e. The van der Waals surface area contributed by atoms with Gasteiger partial charge in [-0.15, -0.1) is 5.10 Å². The molecule has 1 heterocycles. The first-order valence-corrected chi connectivity index (χ1v) is 6.07. The van der Waals surface area contributed by atoms with Crippen molar-refractivity contribution in [3.8, 4) is 0 Å². The summed E-state index contributed by atoms with van der Waals surface area (Å²) >= 11 is 3.46. The molecule has 0 saturated heterocycles. The predicted octanol–water partition coefficient (Wildman–Crippen LogP) is 1.65. The van der Waals surface area contributed by atoms with Gasteiger partial charge in [-0.05, 0) is 28.1 Å². The summed E-state index contributed by atoms with van der Waals surface area (Å²) in [5, 5.41) is 19.9. The van der Waals surface area contributed by atoms with Crippen LogP contribution < -0.4 is 5.32 Å². The normalized spacial score (nSPS) is 10.5. The molecule has 2 rings (SSSR count). The molecule has 5 nitrogen and oxygen atoms in total. The number of aliphatic hydroxyl groups excluding tert-OH is 1. The van der Waals surface area contributed by atoms with Crippen LogP contribution >= 0.6 is 15.9 Å². The minimum absolute atomic E-state index is 0.0699. The first-order chi connectivity index (χ1) is 8.29. The number of para-hydroxylation sites is 1. The Bertz CT molecular complexity index is 486. The van der Waals surface area contributed by atoms with Crippen LogP contribution in [-0.4, -0.2) is 26.7 Å². The maximum absolute atomic E-state index is 8.76. The van der Waals surface area contributed by atoms with E-state index in [0.29, 0.717) is 13.1 Å². The van der Waals surface area contributed by atoms with Crippen LogP contribution in [0.1, 0.15) is 5.69 Å². The van der Waals surface area contributed by atoms with Gasteiger partial charge in [-0.1, -0.05) is 17.3 Å². The number of aromatic nitrogens is 3. The van der Waals surface area contributed by atoms with Crippen LogP contribution in [-0.2, 0) is 13.1 Å². The summed E-state index contributed by atoms with van der Waals surface area (Å²) in [7, 11) is 0. The topological polar surface area (TPSA) is 63.0 Å². The van der Waals surface area contributed by atoms with E-state index in [4.69, 9.17) is 5.11 Å². The van der Waals surface area contributed by atoms with Crippen molar-refractivity contribution in [1.82, 2.24) is 15.0 Å². The van der Waals surface area contributed by atoms with E-state index < -0.39 is 0 Å². The van der Waals surface area contributed by atoms with Gasteiger partial charge in [-0.25, -0.2) is 4.68 Å². The number of nitrogens with zero attached hydrogens (tertiary/aromatic N) is 3. The maximum atomic E-state index is 8.76. The van der Waals surface area contributed by atoms with Gasteiger partial charge in [0.05, 0.1) is 25.9 Å². The Morgan fingerprint density at radius 3 is 2.94 bits per heavy atom. The minimum Gasteiger partial charge on any atom is -0.394 e. The SMILES string of the molecule is OCCn1cc(CNc2ccccc2Br)nn1. The summed E-state index contributed by atoms with van der Waals surface area (Å²) in [4.78, 5) is 0. The molecular formula is C11H13BrN4O. The van der Waals surface area contributed by atoms with E-state index in [9.17, 15) is 0 Å². The zero-order chi connectivity index (χ0) is 12.1. The molecular weight excluding hydrogens is 284 g/mol. The van der Waals surface area contributed by atoms with Gasteiger partial charge in [0.1, 0.15) is 5.69 Å². The molecule has 1 aromatic carbocycles. The summed E-state index contributed by atoms with van der Waals surface area (Å²) in [5.74, 6) is 0. The lowest BCUT2D eigenvalue weighted by molar-refractivity contribution is 0.268. The molecule has 0 amide bonds.